The number of anilines is 2. The molecule has 1 aromatic rings. The molecule has 156 valence electrons. The Morgan fingerprint density at radius 1 is 0.714 bits per heavy atom. The highest BCUT2D eigenvalue weighted by molar-refractivity contribution is 6.09. The molecule has 2 atom stereocenters. The second kappa shape index (κ2) is 10.7. The van der Waals surface area contributed by atoms with Gasteiger partial charge < -0.3 is 39.9 Å². The van der Waals surface area contributed by atoms with Crippen molar-refractivity contribution in [2.45, 2.75) is 35.9 Å². The lowest BCUT2D eigenvalue weighted by Crippen LogP contribution is -2.50. The highest BCUT2D eigenvalue weighted by atomic mass is 28.1. The van der Waals surface area contributed by atoms with E-state index in [0.29, 0.717) is 34.6 Å². The van der Waals surface area contributed by atoms with Gasteiger partial charge in [-0.2, -0.15) is 0 Å². The molecule has 0 spiro atoms. The third kappa shape index (κ3) is 4.00. The smallest absolute Gasteiger partial charge is 0.223 e. The van der Waals surface area contributed by atoms with Crippen LogP contribution in [0.5, 0.6) is 0 Å². The lowest BCUT2D eigenvalue weighted by atomic mass is 9.85. The van der Waals surface area contributed by atoms with E-state index in [2.05, 4.69) is 20.5 Å². The number of nitrogen functional groups attached to an aromatic ring is 2. The van der Waals surface area contributed by atoms with Gasteiger partial charge in [0.2, 0.25) is 11.6 Å². The molecule has 2 unspecified atom stereocenters. The Kier molecular flexibility index (Phi) is 9.57. The third-order valence-corrected chi connectivity index (χ3v) is 5.71. The molecule has 0 aliphatic rings. The summed E-state index contributed by atoms with van der Waals surface area (Å²) in [6.45, 7) is 0. The summed E-state index contributed by atoms with van der Waals surface area (Å²) in [6, 6.07) is 4.13. The van der Waals surface area contributed by atoms with Crippen LogP contribution in [-0.4, -0.2) is 75.4 Å². The molecule has 0 aliphatic carbocycles. The molecule has 0 saturated heterocycles. The lowest BCUT2D eigenvalue weighted by Gasteiger charge is -2.44. The van der Waals surface area contributed by atoms with Gasteiger partial charge >= 0.3 is 0 Å². The fourth-order valence-corrected chi connectivity index (χ4v) is 4.42. The maximum atomic E-state index is 6.41. The number of methoxy groups -OCH3 is 6. The first-order valence-corrected chi connectivity index (χ1v) is 9.99. The Labute approximate surface area is 174 Å². The van der Waals surface area contributed by atoms with E-state index in [1.54, 1.807) is 26.4 Å². The zero-order valence-corrected chi connectivity index (χ0v) is 19.3. The molecule has 0 heterocycles. The van der Waals surface area contributed by atoms with Gasteiger partial charge in [0, 0.05) is 85.6 Å². The van der Waals surface area contributed by atoms with Crippen molar-refractivity contribution in [2.75, 3.05) is 54.1 Å². The van der Waals surface area contributed by atoms with Crippen molar-refractivity contribution >= 4 is 31.9 Å². The molecular formula is C18H30N2O6Si2. The van der Waals surface area contributed by atoms with Gasteiger partial charge in [0.1, 0.15) is 12.2 Å². The van der Waals surface area contributed by atoms with Gasteiger partial charge in [0.05, 0.1) is 0 Å². The second-order valence-corrected chi connectivity index (χ2v) is 6.82. The van der Waals surface area contributed by atoms with Crippen molar-refractivity contribution in [2.24, 2.45) is 0 Å². The normalized spacial score (nSPS) is 14.9. The van der Waals surface area contributed by atoms with Gasteiger partial charge in [-0.15, -0.1) is 0 Å². The van der Waals surface area contributed by atoms with Crippen LogP contribution in [0.2, 0.25) is 12.1 Å². The SMILES string of the molecule is COC(C[Si])C(OC)(OC)c1c(N)ccc(N)c1C(OC)(OC)C(C[Si])OC. The van der Waals surface area contributed by atoms with E-state index in [1.165, 1.54) is 28.4 Å². The molecule has 28 heavy (non-hydrogen) atoms. The predicted molar refractivity (Wildman–Crippen MR) is 109 cm³/mol. The van der Waals surface area contributed by atoms with E-state index in [9.17, 15) is 0 Å². The first-order valence-electron chi connectivity index (χ1n) is 8.58. The summed E-state index contributed by atoms with van der Waals surface area (Å²) in [5.74, 6) is -2.81. The van der Waals surface area contributed by atoms with Crippen molar-refractivity contribution in [1.82, 2.24) is 0 Å². The molecule has 10 heteroatoms. The zero-order valence-electron chi connectivity index (χ0n) is 17.3. The van der Waals surface area contributed by atoms with Gasteiger partial charge in [0.25, 0.3) is 0 Å². The maximum Gasteiger partial charge on any atom is 0.223 e. The predicted octanol–water partition coefficient (Wildman–Crippen LogP) is 0.946. The third-order valence-electron chi connectivity index (χ3n) is 4.97. The van der Waals surface area contributed by atoms with Crippen LogP contribution >= 0.6 is 0 Å². The van der Waals surface area contributed by atoms with Gasteiger partial charge in [-0.25, -0.2) is 0 Å². The number of ether oxygens (including phenoxy) is 6. The van der Waals surface area contributed by atoms with Crippen molar-refractivity contribution in [3.05, 3.63) is 23.3 Å². The Morgan fingerprint density at radius 3 is 1.18 bits per heavy atom. The molecule has 0 saturated carbocycles. The van der Waals surface area contributed by atoms with Crippen LogP contribution in [0.25, 0.3) is 0 Å². The van der Waals surface area contributed by atoms with Crippen molar-refractivity contribution in [3.63, 3.8) is 0 Å². The topological polar surface area (TPSA) is 107 Å². The van der Waals surface area contributed by atoms with Crippen LogP contribution in [0.3, 0.4) is 0 Å². The lowest BCUT2D eigenvalue weighted by molar-refractivity contribution is -0.285. The summed E-state index contributed by atoms with van der Waals surface area (Å²) in [7, 11) is 16.1. The van der Waals surface area contributed by atoms with Gasteiger partial charge in [-0.05, 0) is 24.2 Å². The number of benzene rings is 1. The van der Waals surface area contributed by atoms with Crippen molar-refractivity contribution in [3.8, 4) is 0 Å². The summed E-state index contributed by atoms with van der Waals surface area (Å²) in [6.07, 6.45) is -1.14. The minimum absolute atomic E-state index is 0.373. The molecule has 1 aromatic carbocycles. The fraction of sp³-hybridized carbons (Fsp3) is 0.667. The van der Waals surface area contributed by atoms with Crippen LogP contribution in [0, 0.1) is 0 Å². The van der Waals surface area contributed by atoms with Crippen LogP contribution in [0.15, 0.2) is 12.1 Å². The standard InChI is InChI=1S/C18H30N2O6Si2/c1-21-13(9-27)17(23-3,24-4)15-11(19)7-8-12(20)16(15)18(25-5,26-6)14(10-28)22-2/h7-8,13-14H,9-10,19-20H2,1-6H3. The number of nitrogens with two attached hydrogens (primary N) is 2. The van der Waals surface area contributed by atoms with E-state index >= 15 is 0 Å². The summed E-state index contributed by atoms with van der Waals surface area (Å²) in [5, 5.41) is 0. The molecule has 0 aliphatic heterocycles. The number of rotatable bonds is 12. The molecule has 0 fully saturated rings. The largest absolute Gasteiger partial charge is 0.398 e. The number of hydrogen-bond acceptors (Lipinski definition) is 8. The highest BCUT2D eigenvalue weighted by Crippen LogP contribution is 2.47. The van der Waals surface area contributed by atoms with Crippen molar-refractivity contribution in [1.29, 1.82) is 0 Å². The van der Waals surface area contributed by atoms with E-state index in [1.807, 2.05) is 0 Å². The monoisotopic (exact) mass is 426 g/mol. The van der Waals surface area contributed by atoms with Crippen molar-refractivity contribution < 1.29 is 28.4 Å². The highest BCUT2D eigenvalue weighted by Gasteiger charge is 2.52. The molecule has 6 radical (unpaired) electrons. The van der Waals surface area contributed by atoms with Gasteiger partial charge in [0.15, 0.2) is 0 Å². The van der Waals surface area contributed by atoms with E-state index < -0.39 is 23.8 Å². The molecule has 0 amide bonds. The van der Waals surface area contributed by atoms with Crippen LogP contribution in [-0.2, 0) is 40.0 Å². The Balaban J connectivity index is 4.05. The maximum absolute atomic E-state index is 6.41. The first kappa shape index (κ1) is 25.1. The van der Waals surface area contributed by atoms with Gasteiger partial charge in [-0.1, -0.05) is 0 Å². The second-order valence-electron chi connectivity index (χ2n) is 6.00. The molecule has 8 nitrogen and oxygen atoms in total. The van der Waals surface area contributed by atoms with E-state index in [4.69, 9.17) is 39.9 Å². The molecule has 0 bridgehead atoms. The summed E-state index contributed by atoms with van der Waals surface area (Å²) >= 11 is 0. The molecular weight excluding hydrogens is 396 g/mol. The average Bonchev–Trinajstić information content (AvgIpc) is 2.72. The quantitative estimate of drug-likeness (QED) is 0.289. The minimum atomic E-state index is -1.41. The average molecular weight is 427 g/mol. The first-order chi connectivity index (χ1) is 13.3. The van der Waals surface area contributed by atoms with E-state index in [0.717, 1.165) is 0 Å². The summed E-state index contributed by atoms with van der Waals surface area (Å²) in [4.78, 5) is 0. The number of hydrogen-bond donors (Lipinski definition) is 2. The van der Waals surface area contributed by atoms with Crippen LogP contribution < -0.4 is 11.5 Å². The van der Waals surface area contributed by atoms with Crippen LogP contribution in [0.4, 0.5) is 11.4 Å². The Hall–Kier alpha value is -0.986. The van der Waals surface area contributed by atoms with Gasteiger partial charge in [-0.3, -0.25) is 0 Å². The van der Waals surface area contributed by atoms with E-state index in [-0.39, 0.29) is 0 Å². The molecule has 0 aromatic heterocycles. The molecule has 4 N–H and O–H groups in total. The van der Waals surface area contributed by atoms with Crippen LogP contribution in [0.1, 0.15) is 11.1 Å². The summed E-state index contributed by atoms with van der Waals surface area (Å²) in [5.41, 5.74) is 14.4. The minimum Gasteiger partial charge on any atom is -0.398 e. The Morgan fingerprint density at radius 2 is 1.00 bits per heavy atom. The zero-order chi connectivity index (χ0) is 21.5. The Bertz CT molecular complexity index is 565. The fourth-order valence-electron chi connectivity index (χ4n) is 3.55. The molecule has 1 rings (SSSR count). The summed E-state index contributed by atoms with van der Waals surface area (Å²) < 4.78 is 34.6.